The molecule has 1 saturated carbocycles. The minimum atomic E-state index is -0.622. The number of ether oxygens (including phenoxy) is 2. The third-order valence-electron chi connectivity index (χ3n) is 5.00. The lowest BCUT2D eigenvalue weighted by atomic mass is 10.1. The number of aromatic nitrogens is 3. The van der Waals surface area contributed by atoms with E-state index in [1.807, 2.05) is 4.57 Å². The van der Waals surface area contributed by atoms with E-state index in [2.05, 4.69) is 25.9 Å². The molecule has 0 unspecified atom stereocenters. The van der Waals surface area contributed by atoms with Crippen LogP contribution in [0.25, 0.3) is 10.9 Å². The molecule has 1 fully saturated rings. The van der Waals surface area contributed by atoms with Crippen LogP contribution < -0.4 is 11.2 Å². The molecular weight excluding hydrogens is 488 g/mol. The molecule has 0 aliphatic heterocycles. The number of hydrogen-bond acceptors (Lipinski definition) is 7. The van der Waals surface area contributed by atoms with Gasteiger partial charge in [0.05, 0.1) is 35.5 Å². The Morgan fingerprint density at radius 3 is 2.84 bits per heavy atom. The molecule has 0 spiro atoms. The smallest absolute Gasteiger partial charge is 0.343 e. The Balaban J connectivity index is 1.74. The van der Waals surface area contributed by atoms with Crippen LogP contribution in [-0.4, -0.2) is 27.1 Å². The fraction of sp³-hybridized carbons (Fsp3) is 0.333. The number of nitrogens with zero attached hydrogens (tertiary/aromatic N) is 3. The SMILES string of the molecule is CCOC(=O)c1cn(C2CC2)c2c(COCc3nc(N)ncc3Br)c(Cl)ccc2c1=O. The average Bonchev–Trinajstić information content (AvgIpc) is 3.57. The van der Waals surface area contributed by atoms with Crippen molar-refractivity contribution in [1.29, 1.82) is 0 Å². The molecule has 31 heavy (non-hydrogen) atoms. The van der Waals surface area contributed by atoms with E-state index in [0.717, 1.165) is 12.8 Å². The molecule has 2 aromatic heterocycles. The van der Waals surface area contributed by atoms with Gasteiger partial charge in [0.2, 0.25) is 11.4 Å². The largest absolute Gasteiger partial charge is 0.462 e. The summed E-state index contributed by atoms with van der Waals surface area (Å²) in [6, 6.07) is 3.49. The Morgan fingerprint density at radius 1 is 1.35 bits per heavy atom. The van der Waals surface area contributed by atoms with Crippen molar-refractivity contribution >= 4 is 50.4 Å². The zero-order valence-corrected chi connectivity index (χ0v) is 19.1. The summed E-state index contributed by atoms with van der Waals surface area (Å²) in [5.41, 5.74) is 7.25. The molecule has 2 N–H and O–H groups in total. The Kier molecular flexibility index (Phi) is 6.27. The van der Waals surface area contributed by atoms with Crippen LogP contribution in [0.3, 0.4) is 0 Å². The molecule has 1 aliphatic carbocycles. The zero-order chi connectivity index (χ0) is 22.1. The number of halogens is 2. The Morgan fingerprint density at radius 2 is 2.13 bits per heavy atom. The van der Waals surface area contributed by atoms with Crippen molar-refractivity contribution in [3.05, 3.63) is 61.1 Å². The molecule has 3 aromatic rings. The summed E-state index contributed by atoms with van der Waals surface area (Å²) in [6.45, 7) is 2.23. The topological polar surface area (TPSA) is 109 Å². The van der Waals surface area contributed by atoms with Crippen LogP contribution >= 0.6 is 27.5 Å². The first-order chi connectivity index (χ1) is 14.9. The van der Waals surface area contributed by atoms with Gasteiger partial charge in [-0.15, -0.1) is 0 Å². The van der Waals surface area contributed by atoms with Gasteiger partial charge in [-0.3, -0.25) is 4.79 Å². The van der Waals surface area contributed by atoms with Gasteiger partial charge in [-0.1, -0.05) is 11.6 Å². The number of benzene rings is 1. The third-order valence-corrected chi connectivity index (χ3v) is 6.01. The summed E-state index contributed by atoms with van der Waals surface area (Å²) in [5, 5.41) is 0.888. The van der Waals surface area contributed by atoms with E-state index in [9.17, 15) is 9.59 Å². The summed E-state index contributed by atoms with van der Waals surface area (Å²) in [4.78, 5) is 33.5. The van der Waals surface area contributed by atoms with Crippen LogP contribution in [0.2, 0.25) is 5.02 Å². The maximum absolute atomic E-state index is 13.0. The van der Waals surface area contributed by atoms with Crippen molar-refractivity contribution in [3.8, 4) is 0 Å². The van der Waals surface area contributed by atoms with Crippen molar-refractivity contribution < 1.29 is 14.3 Å². The van der Waals surface area contributed by atoms with Gasteiger partial charge in [-0.2, -0.15) is 0 Å². The van der Waals surface area contributed by atoms with Crippen molar-refractivity contribution in [1.82, 2.24) is 14.5 Å². The van der Waals surface area contributed by atoms with Crippen LogP contribution in [0.5, 0.6) is 0 Å². The van der Waals surface area contributed by atoms with E-state index in [4.69, 9.17) is 26.8 Å². The van der Waals surface area contributed by atoms with E-state index in [1.165, 1.54) is 0 Å². The fourth-order valence-electron chi connectivity index (χ4n) is 3.40. The van der Waals surface area contributed by atoms with E-state index in [1.54, 1.807) is 31.5 Å². The van der Waals surface area contributed by atoms with Crippen LogP contribution in [0.15, 0.2) is 33.8 Å². The van der Waals surface area contributed by atoms with Crippen LogP contribution in [0, 0.1) is 0 Å². The predicted octanol–water partition coefficient (Wildman–Crippen LogP) is 4.02. The number of nitrogens with two attached hydrogens (primary N) is 1. The number of carbonyl (C=O) groups excluding carboxylic acids is 1. The van der Waals surface area contributed by atoms with Crippen molar-refractivity contribution in [3.63, 3.8) is 0 Å². The zero-order valence-electron chi connectivity index (χ0n) is 16.7. The van der Waals surface area contributed by atoms with E-state index in [-0.39, 0.29) is 42.8 Å². The van der Waals surface area contributed by atoms with Crippen LogP contribution in [-0.2, 0) is 22.7 Å². The summed E-state index contributed by atoms with van der Waals surface area (Å²) in [6.07, 6.45) is 5.07. The molecule has 10 heteroatoms. The third kappa shape index (κ3) is 4.44. The lowest BCUT2D eigenvalue weighted by molar-refractivity contribution is 0.0524. The number of fused-ring (bicyclic) bond motifs is 1. The predicted molar refractivity (Wildman–Crippen MR) is 120 cm³/mol. The van der Waals surface area contributed by atoms with Crippen LogP contribution in [0.1, 0.15) is 47.4 Å². The standard InChI is InChI=1S/C21H20BrClN4O4/c1-2-31-20(29)13-8-27(11-3-4-11)18-12(19(13)28)5-6-16(23)14(18)9-30-10-17-15(22)7-25-21(24)26-17/h5-8,11H,2-4,9-10H2,1H3,(H2,24,25,26). The maximum atomic E-state index is 13.0. The Hall–Kier alpha value is -2.49. The lowest BCUT2D eigenvalue weighted by Gasteiger charge is -2.17. The van der Waals surface area contributed by atoms with Crippen molar-refractivity contribution in [2.75, 3.05) is 12.3 Å². The van der Waals surface area contributed by atoms with Gasteiger partial charge in [0, 0.05) is 34.4 Å². The van der Waals surface area contributed by atoms with Gasteiger partial charge in [0.25, 0.3) is 0 Å². The minimum Gasteiger partial charge on any atom is -0.462 e. The number of rotatable bonds is 7. The second-order valence-electron chi connectivity index (χ2n) is 7.17. The highest BCUT2D eigenvalue weighted by molar-refractivity contribution is 9.10. The number of pyridine rings is 1. The maximum Gasteiger partial charge on any atom is 0.343 e. The highest BCUT2D eigenvalue weighted by Crippen LogP contribution is 2.39. The highest BCUT2D eigenvalue weighted by Gasteiger charge is 2.28. The van der Waals surface area contributed by atoms with Gasteiger partial charge in [-0.25, -0.2) is 14.8 Å². The van der Waals surface area contributed by atoms with Gasteiger partial charge < -0.3 is 19.8 Å². The number of nitrogen functional groups attached to an aromatic ring is 1. The Labute approximate surface area is 191 Å². The van der Waals surface area contributed by atoms with Gasteiger partial charge in [0.1, 0.15) is 5.56 Å². The first-order valence-electron chi connectivity index (χ1n) is 9.78. The van der Waals surface area contributed by atoms with E-state index >= 15 is 0 Å². The summed E-state index contributed by atoms with van der Waals surface area (Å²) >= 11 is 9.88. The van der Waals surface area contributed by atoms with Gasteiger partial charge in [0.15, 0.2) is 0 Å². The quantitative estimate of drug-likeness (QED) is 0.481. The van der Waals surface area contributed by atoms with Crippen LogP contribution in [0.4, 0.5) is 5.95 Å². The summed E-state index contributed by atoms with van der Waals surface area (Å²) in [5.74, 6) is -0.471. The first kappa shape index (κ1) is 21.7. The monoisotopic (exact) mass is 506 g/mol. The average molecular weight is 508 g/mol. The highest BCUT2D eigenvalue weighted by atomic mass is 79.9. The number of hydrogen-bond donors (Lipinski definition) is 1. The summed E-state index contributed by atoms with van der Waals surface area (Å²) in [7, 11) is 0. The fourth-order valence-corrected chi connectivity index (χ4v) is 3.91. The molecule has 0 radical (unpaired) electrons. The molecule has 162 valence electrons. The molecule has 4 rings (SSSR count). The number of carbonyl (C=O) groups is 1. The Bertz CT molecular complexity index is 1230. The van der Waals surface area contributed by atoms with Crippen molar-refractivity contribution in [2.24, 2.45) is 0 Å². The molecule has 8 nitrogen and oxygen atoms in total. The number of esters is 1. The normalized spacial score (nSPS) is 13.5. The second kappa shape index (κ2) is 8.94. The van der Waals surface area contributed by atoms with Crippen molar-refractivity contribution in [2.45, 2.75) is 39.0 Å². The second-order valence-corrected chi connectivity index (χ2v) is 8.43. The molecule has 0 saturated heterocycles. The molecule has 2 heterocycles. The summed E-state index contributed by atoms with van der Waals surface area (Å²) < 4.78 is 13.6. The van der Waals surface area contributed by atoms with Gasteiger partial charge in [-0.05, 0) is 47.8 Å². The lowest BCUT2D eigenvalue weighted by Crippen LogP contribution is -2.21. The minimum absolute atomic E-state index is 0.0239. The number of anilines is 1. The molecular formula is C21H20BrClN4O4. The van der Waals surface area contributed by atoms with E-state index in [0.29, 0.717) is 31.7 Å². The molecule has 0 amide bonds. The van der Waals surface area contributed by atoms with Gasteiger partial charge >= 0.3 is 5.97 Å². The molecule has 0 bridgehead atoms. The first-order valence-corrected chi connectivity index (χ1v) is 11.0. The molecule has 1 aliphatic rings. The molecule has 0 atom stereocenters. The van der Waals surface area contributed by atoms with E-state index < -0.39 is 5.97 Å². The molecule has 1 aromatic carbocycles.